The van der Waals surface area contributed by atoms with Crippen LogP contribution in [0.3, 0.4) is 0 Å². The summed E-state index contributed by atoms with van der Waals surface area (Å²) in [6, 6.07) is 0.343. The second-order valence-electron chi connectivity index (χ2n) is 3.34. The number of aromatic nitrogens is 1. The summed E-state index contributed by atoms with van der Waals surface area (Å²) in [5.41, 5.74) is 5.80. The number of thiazole rings is 1. The van der Waals surface area contributed by atoms with Gasteiger partial charge >= 0.3 is 0 Å². The van der Waals surface area contributed by atoms with Gasteiger partial charge < -0.3 is 5.73 Å². The smallest absolute Gasteiger partial charge is 0.113 e. The monoisotopic (exact) mass is 253 g/mol. The van der Waals surface area contributed by atoms with Crippen LogP contribution in [-0.4, -0.2) is 29.0 Å². The summed E-state index contributed by atoms with van der Waals surface area (Å²) in [4.78, 5) is 6.53. The van der Waals surface area contributed by atoms with Crippen molar-refractivity contribution in [2.45, 2.75) is 19.0 Å². The quantitative estimate of drug-likeness (QED) is 0.874. The van der Waals surface area contributed by atoms with E-state index in [-0.39, 0.29) is 12.4 Å². The maximum atomic E-state index is 5.80. The first kappa shape index (κ1) is 12.2. The molecule has 2 N–H and O–H groups in total. The highest BCUT2D eigenvalue weighted by Crippen LogP contribution is 2.20. The van der Waals surface area contributed by atoms with Crippen LogP contribution in [0.1, 0.15) is 11.4 Å². The minimum absolute atomic E-state index is 0. The number of hydrogen-bond donors (Lipinski definition) is 1. The van der Waals surface area contributed by atoms with E-state index >= 15 is 0 Å². The molecule has 0 radical (unpaired) electrons. The summed E-state index contributed by atoms with van der Waals surface area (Å²) in [5.74, 6) is 0. The van der Waals surface area contributed by atoms with Gasteiger partial charge in [-0.05, 0) is 6.42 Å². The summed E-state index contributed by atoms with van der Waals surface area (Å²) >= 11 is 7.33. The van der Waals surface area contributed by atoms with Crippen molar-refractivity contribution < 1.29 is 0 Å². The van der Waals surface area contributed by atoms with Crippen LogP contribution >= 0.6 is 35.3 Å². The predicted molar refractivity (Wildman–Crippen MR) is 62.2 cm³/mol. The van der Waals surface area contributed by atoms with Gasteiger partial charge in [0.15, 0.2) is 0 Å². The fourth-order valence-electron chi connectivity index (χ4n) is 1.56. The molecule has 0 amide bonds. The Hall–Kier alpha value is 0.130. The highest BCUT2D eigenvalue weighted by Gasteiger charge is 2.19. The molecule has 0 unspecified atom stereocenters. The Morgan fingerprint density at radius 3 is 3.00 bits per heavy atom. The summed E-state index contributed by atoms with van der Waals surface area (Å²) < 4.78 is 0.762. The molecule has 1 fully saturated rings. The third-order valence-corrected chi connectivity index (χ3v) is 3.29. The summed E-state index contributed by atoms with van der Waals surface area (Å²) in [6.07, 6.45) is 2.80. The molecule has 14 heavy (non-hydrogen) atoms. The molecule has 0 saturated carbocycles. The van der Waals surface area contributed by atoms with Crippen LogP contribution in [0.2, 0.25) is 4.34 Å². The van der Waals surface area contributed by atoms with Crippen LogP contribution in [0.5, 0.6) is 0 Å². The maximum Gasteiger partial charge on any atom is 0.113 e. The molecule has 0 bridgehead atoms. The molecule has 0 aromatic carbocycles. The lowest BCUT2D eigenvalue weighted by Crippen LogP contribution is -2.26. The van der Waals surface area contributed by atoms with Crippen LogP contribution in [0, 0.1) is 0 Å². The van der Waals surface area contributed by atoms with Crippen molar-refractivity contribution >= 4 is 35.3 Å². The molecule has 1 aliphatic rings. The van der Waals surface area contributed by atoms with E-state index in [9.17, 15) is 0 Å². The van der Waals surface area contributed by atoms with E-state index in [4.69, 9.17) is 17.3 Å². The first-order chi connectivity index (χ1) is 6.24. The van der Waals surface area contributed by atoms with E-state index in [1.165, 1.54) is 0 Å². The van der Waals surface area contributed by atoms with Crippen molar-refractivity contribution in [2.24, 2.45) is 5.73 Å². The number of hydrogen-bond acceptors (Lipinski definition) is 4. The fraction of sp³-hybridized carbons (Fsp3) is 0.625. The standard InChI is InChI=1S/C8H12ClN3S.ClH/c9-7-3-11-8(13-7)5-12-2-1-6(10)4-12;/h3,6H,1-2,4-5,10H2;1H/t6-;/m0./s1. The number of halogens is 2. The van der Waals surface area contributed by atoms with Gasteiger partial charge in [-0.2, -0.15) is 0 Å². The largest absolute Gasteiger partial charge is 0.326 e. The van der Waals surface area contributed by atoms with E-state index in [0.29, 0.717) is 6.04 Å². The van der Waals surface area contributed by atoms with Crippen molar-refractivity contribution in [3.8, 4) is 0 Å². The minimum atomic E-state index is 0. The molecule has 1 aliphatic heterocycles. The first-order valence-corrected chi connectivity index (χ1v) is 5.51. The van der Waals surface area contributed by atoms with Crippen molar-refractivity contribution in [2.75, 3.05) is 13.1 Å². The molecule has 6 heteroatoms. The molecule has 3 nitrogen and oxygen atoms in total. The van der Waals surface area contributed by atoms with Crippen LogP contribution in [-0.2, 0) is 6.54 Å². The van der Waals surface area contributed by atoms with E-state index in [1.54, 1.807) is 17.5 Å². The van der Waals surface area contributed by atoms with Crippen molar-refractivity contribution in [1.82, 2.24) is 9.88 Å². The van der Waals surface area contributed by atoms with Gasteiger partial charge in [-0.1, -0.05) is 11.6 Å². The van der Waals surface area contributed by atoms with Crippen molar-refractivity contribution in [1.29, 1.82) is 0 Å². The molecule has 80 valence electrons. The van der Waals surface area contributed by atoms with Crippen LogP contribution in [0.25, 0.3) is 0 Å². The summed E-state index contributed by atoms with van der Waals surface area (Å²) in [7, 11) is 0. The molecule has 2 heterocycles. The highest BCUT2D eigenvalue weighted by atomic mass is 35.5. The Bertz CT molecular complexity index is 292. The highest BCUT2D eigenvalue weighted by molar-refractivity contribution is 7.15. The lowest BCUT2D eigenvalue weighted by atomic mass is 10.3. The summed E-state index contributed by atoms with van der Waals surface area (Å²) in [6.45, 7) is 2.96. The molecule has 1 aromatic heterocycles. The van der Waals surface area contributed by atoms with Crippen LogP contribution < -0.4 is 5.73 Å². The first-order valence-electron chi connectivity index (χ1n) is 4.32. The molecule has 2 rings (SSSR count). The zero-order valence-electron chi connectivity index (χ0n) is 7.65. The Kier molecular flexibility index (Phi) is 4.60. The summed E-state index contributed by atoms with van der Waals surface area (Å²) in [5, 5.41) is 1.08. The molecule has 1 atom stereocenters. The van der Waals surface area contributed by atoms with Crippen LogP contribution in [0.4, 0.5) is 0 Å². The predicted octanol–water partition coefficient (Wildman–Crippen LogP) is 1.75. The topological polar surface area (TPSA) is 42.1 Å². The molecular weight excluding hydrogens is 241 g/mol. The van der Waals surface area contributed by atoms with Gasteiger partial charge in [0.2, 0.25) is 0 Å². The number of nitrogens with two attached hydrogens (primary N) is 1. The minimum Gasteiger partial charge on any atom is -0.326 e. The Morgan fingerprint density at radius 1 is 1.71 bits per heavy atom. The second-order valence-corrected chi connectivity index (χ2v) is 5.09. The van der Waals surface area contributed by atoms with Gasteiger partial charge in [-0.25, -0.2) is 4.98 Å². The number of rotatable bonds is 2. The number of likely N-dealkylation sites (tertiary alicyclic amines) is 1. The third kappa shape index (κ3) is 3.07. The van der Waals surface area contributed by atoms with E-state index in [2.05, 4.69) is 9.88 Å². The lowest BCUT2D eigenvalue weighted by Gasteiger charge is -2.12. The van der Waals surface area contributed by atoms with E-state index in [0.717, 1.165) is 35.4 Å². The van der Waals surface area contributed by atoms with E-state index in [1.807, 2.05) is 0 Å². The average molecular weight is 254 g/mol. The molecule has 1 aromatic rings. The third-order valence-electron chi connectivity index (χ3n) is 2.19. The maximum absolute atomic E-state index is 5.80. The molecular formula is C8H13Cl2N3S. The van der Waals surface area contributed by atoms with Crippen LogP contribution in [0.15, 0.2) is 6.20 Å². The van der Waals surface area contributed by atoms with Crippen molar-refractivity contribution in [3.05, 3.63) is 15.5 Å². The Labute approximate surface area is 98.7 Å². The van der Waals surface area contributed by atoms with E-state index < -0.39 is 0 Å². The van der Waals surface area contributed by atoms with Gasteiger partial charge in [0.1, 0.15) is 9.34 Å². The Balaban J connectivity index is 0.000000980. The zero-order chi connectivity index (χ0) is 9.26. The van der Waals surface area contributed by atoms with Gasteiger partial charge in [-0.3, -0.25) is 4.90 Å². The second kappa shape index (κ2) is 5.28. The molecule has 0 aliphatic carbocycles. The van der Waals surface area contributed by atoms with Gasteiger partial charge in [0, 0.05) is 19.1 Å². The van der Waals surface area contributed by atoms with Gasteiger partial charge in [0.25, 0.3) is 0 Å². The Morgan fingerprint density at radius 2 is 2.50 bits per heavy atom. The fourth-order valence-corrected chi connectivity index (χ4v) is 2.56. The van der Waals surface area contributed by atoms with Gasteiger partial charge in [-0.15, -0.1) is 23.7 Å². The lowest BCUT2D eigenvalue weighted by molar-refractivity contribution is 0.326. The SMILES string of the molecule is Cl.N[C@H]1CCN(Cc2ncc(Cl)s2)C1. The van der Waals surface area contributed by atoms with Gasteiger partial charge in [0.05, 0.1) is 12.7 Å². The molecule has 0 spiro atoms. The zero-order valence-corrected chi connectivity index (χ0v) is 10.0. The average Bonchev–Trinajstić information content (AvgIpc) is 2.62. The van der Waals surface area contributed by atoms with Crippen molar-refractivity contribution in [3.63, 3.8) is 0 Å². The molecule has 1 saturated heterocycles. The number of nitrogens with zero attached hydrogens (tertiary/aromatic N) is 2. The normalized spacial score (nSPS) is 22.3.